The lowest BCUT2D eigenvalue weighted by atomic mass is 9.98. The SMILES string of the molecule is CNC(C)(C#N)CCCOCCC(C)C. The summed E-state index contributed by atoms with van der Waals surface area (Å²) >= 11 is 0. The van der Waals surface area contributed by atoms with Crippen molar-refractivity contribution in [1.29, 1.82) is 5.26 Å². The molecule has 15 heavy (non-hydrogen) atoms. The van der Waals surface area contributed by atoms with Gasteiger partial charge in [-0.25, -0.2) is 0 Å². The molecule has 0 aromatic carbocycles. The molecule has 1 unspecified atom stereocenters. The second kappa shape index (κ2) is 7.67. The van der Waals surface area contributed by atoms with Gasteiger partial charge in [-0.1, -0.05) is 13.8 Å². The maximum atomic E-state index is 8.91. The van der Waals surface area contributed by atoms with Crippen LogP contribution in [0.3, 0.4) is 0 Å². The van der Waals surface area contributed by atoms with Crippen molar-refractivity contribution < 1.29 is 4.74 Å². The molecule has 0 aromatic heterocycles. The van der Waals surface area contributed by atoms with E-state index in [0.717, 1.165) is 32.5 Å². The average molecular weight is 212 g/mol. The zero-order valence-electron chi connectivity index (χ0n) is 10.5. The molecule has 0 spiro atoms. The summed E-state index contributed by atoms with van der Waals surface area (Å²) in [6.45, 7) is 7.89. The Hall–Kier alpha value is -0.590. The molecular formula is C12H24N2O. The largest absolute Gasteiger partial charge is 0.381 e. The van der Waals surface area contributed by atoms with Crippen molar-refractivity contribution in [3.63, 3.8) is 0 Å². The minimum Gasteiger partial charge on any atom is -0.381 e. The number of ether oxygens (including phenoxy) is 1. The third-order valence-electron chi connectivity index (χ3n) is 2.60. The van der Waals surface area contributed by atoms with Crippen LogP contribution in [0.25, 0.3) is 0 Å². The summed E-state index contributed by atoms with van der Waals surface area (Å²) in [5.74, 6) is 0.701. The Kier molecular flexibility index (Phi) is 7.37. The maximum Gasteiger partial charge on any atom is 0.103 e. The van der Waals surface area contributed by atoms with E-state index in [1.54, 1.807) is 0 Å². The van der Waals surface area contributed by atoms with E-state index in [1.807, 2.05) is 14.0 Å². The molecule has 0 aliphatic carbocycles. The molecule has 0 aliphatic rings. The minimum absolute atomic E-state index is 0.401. The quantitative estimate of drug-likeness (QED) is 0.628. The fourth-order valence-corrected chi connectivity index (χ4v) is 1.19. The van der Waals surface area contributed by atoms with Gasteiger partial charge in [0.2, 0.25) is 0 Å². The van der Waals surface area contributed by atoms with Gasteiger partial charge in [0, 0.05) is 13.2 Å². The predicted octanol–water partition coefficient (Wildman–Crippen LogP) is 2.33. The smallest absolute Gasteiger partial charge is 0.103 e. The van der Waals surface area contributed by atoms with E-state index in [2.05, 4.69) is 25.2 Å². The molecule has 0 saturated heterocycles. The third kappa shape index (κ3) is 7.35. The molecular weight excluding hydrogens is 188 g/mol. The number of nitrogens with zero attached hydrogens (tertiary/aromatic N) is 1. The molecule has 0 rings (SSSR count). The standard InChI is InChI=1S/C12H24N2O/c1-11(2)6-9-15-8-5-7-12(3,10-13)14-4/h11,14H,5-9H2,1-4H3. The lowest BCUT2D eigenvalue weighted by Gasteiger charge is -2.20. The Bertz CT molecular complexity index is 198. The van der Waals surface area contributed by atoms with Crippen molar-refractivity contribution in [2.45, 2.75) is 45.6 Å². The van der Waals surface area contributed by atoms with Crippen LogP contribution in [0, 0.1) is 17.2 Å². The first-order chi connectivity index (χ1) is 7.04. The van der Waals surface area contributed by atoms with E-state index >= 15 is 0 Å². The molecule has 1 N–H and O–H groups in total. The van der Waals surface area contributed by atoms with Crippen molar-refractivity contribution in [2.24, 2.45) is 5.92 Å². The zero-order chi connectivity index (χ0) is 11.7. The van der Waals surface area contributed by atoms with Gasteiger partial charge in [0.15, 0.2) is 0 Å². The van der Waals surface area contributed by atoms with E-state index in [1.165, 1.54) is 0 Å². The number of nitriles is 1. The summed E-state index contributed by atoms with van der Waals surface area (Å²) in [6, 6.07) is 2.27. The summed E-state index contributed by atoms with van der Waals surface area (Å²) in [6.07, 6.45) is 2.88. The van der Waals surface area contributed by atoms with Crippen LogP contribution < -0.4 is 5.32 Å². The number of rotatable bonds is 8. The van der Waals surface area contributed by atoms with Crippen LogP contribution in [-0.4, -0.2) is 25.8 Å². The van der Waals surface area contributed by atoms with Crippen LogP contribution in [0.2, 0.25) is 0 Å². The summed E-state index contributed by atoms with van der Waals surface area (Å²) in [7, 11) is 1.82. The van der Waals surface area contributed by atoms with E-state index in [0.29, 0.717) is 5.92 Å². The van der Waals surface area contributed by atoms with Gasteiger partial charge in [-0.3, -0.25) is 0 Å². The molecule has 0 bridgehead atoms. The Labute approximate surface area is 93.8 Å². The molecule has 1 atom stereocenters. The Morgan fingerprint density at radius 2 is 2.07 bits per heavy atom. The van der Waals surface area contributed by atoms with Gasteiger partial charge in [-0.15, -0.1) is 0 Å². The minimum atomic E-state index is -0.401. The highest BCUT2D eigenvalue weighted by Gasteiger charge is 2.19. The van der Waals surface area contributed by atoms with Gasteiger partial charge in [-0.2, -0.15) is 5.26 Å². The molecule has 3 nitrogen and oxygen atoms in total. The van der Waals surface area contributed by atoms with E-state index < -0.39 is 5.54 Å². The van der Waals surface area contributed by atoms with Gasteiger partial charge in [0.05, 0.1) is 6.07 Å². The van der Waals surface area contributed by atoms with Crippen LogP contribution in [-0.2, 0) is 4.74 Å². The summed E-state index contributed by atoms with van der Waals surface area (Å²) in [4.78, 5) is 0. The zero-order valence-corrected chi connectivity index (χ0v) is 10.5. The topological polar surface area (TPSA) is 45.0 Å². The highest BCUT2D eigenvalue weighted by Crippen LogP contribution is 2.10. The molecule has 0 aromatic rings. The van der Waals surface area contributed by atoms with E-state index in [4.69, 9.17) is 10.00 Å². The number of nitrogens with one attached hydrogen (secondary N) is 1. The second-order valence-corrected chi connectivity index (χ2v) is 4.59. The molecule has 0 saturated carbocycles. The fourth-order valence-electron chi connectivity index (χ4n) is 1.19. The highest BCUT2D eigenvalue weighted by molar-refractivity contribution is 5.02. The van der Waals surface area contributed by atoms with Crippen LogP contribution in [0.15, 0.2) is 0 Å². The van der Waals surface area contributed by atoms with Crippen molar-refractivity contribution in [3.8, 4) is 6.07 Å². The van der Waals surface area contributed by atoms with Crippen LogP contribution in [0.5, 0.6) is 0 Å². The average Bonchev–Trinajstić information content (AvgIpc) is 2.22. The van der Waals surface area contributed by atoms with Gasteiger partial charge in [0.1, 0.15) is 5.54 Å². The van der Waals surface area contributed by atoms with E-state index in [-0.39, 0.29) is 0 Å². The molecule has 88 valence electrons. The molecule has 0 amide bonds. The summed E-state index contributed by atoms with van der Waals surface area (Å²) in [5, 5.41) is 11.9. The first kappa shape index (κ1) is 14.4. The normalized spacial score (nSPS) is 14.9. The van der Waals surface area contributed by atoms with Gasteiger partial charge in [-0.05, 0) is 39.2 Å². The third-order valence-corrected chi connectivity index (χ3v) is 2.60. The Morgan fingerprint density at radius 3 is 2.53 bits per heavy atom. The van der Waals surface area contributed by atoms with Gasteiger partial charge < -0.3 is 10.1 Å². The summed E-state index contributed by atoms with van der Waals surface area (Å²) in [5.41, 5.74) is -0.401. The summed E-state index contributed by atoms with van der Waals surface area (Å²) < 4.78 is 5.49. The number of hydrogen-bond donors (Lipinski definition) is 1. The predicted molar refractivity (Wildman–Crippen MR) is 62.6 cm³/mol. The van der Waals surface area contributed by atoms with Crippen molar-refractivity contribution in [3.05, 3.63) is 0 Å². The fraction of sp³-hybridized carbons (Fsp3) is 0.917. The molecule has 0 heterocycles. The van der Waals surface area contributed by atoms with Crippen LogP contribution in [0.1, 0.15) is 40.0 Å². The molecule has 0 radical (unpaired) electrons. The lowest BCUT2D eigenvalue weighted by Crippen LogP contribution is -2.38. The van der Waals surface area contributed by atoms with Crippen molar-refractivity contribution >= 4 is 0 Å². The van der Waals surface area contributed by atoms with Crippen molar-refractivity contribution in [1.82, 2.24) is 5.32 Å². The number of hydrogen-bond acceptors (Lipinski definition) is 3. The van der Waals surface area contributed by atoms with E-state index in [9.17, 15) is 0 Å². The first-order valence-corrected chi connectivity index (χ1v) is 5.72. The van der Waals surface area contributed by atoms with Crippen molar-refractivity contribution in [2.75, 3.05) is 20.3 Å². The van der Waals surface area contributed by atoms with Gasteiger partial charge >= 0.3 is 0 Å². The molecule has 0 fully saturated rings. The lowest BCUT2D eigenvalue weighted by molar-refractivity contribution is 0.116. The van der Waals surface area contributed by atoms with Crippen LogP contribution >= 0.6 is 0 Å². The molecule has 3 heteroatoms. The molecule has 0 aliphatic heterocycles. The highest BCUT2D eigenvalue weighted by atomic mass is 16.5. The second-order valence-electron chi connectivity index (χ2n) is 4.59. The Balaban J connectivity index is 3.43. The first-order valence-electron chi connectivity index (χ1n) is 5.72. The Morgan fingerprint density at radius 1 is 1.40 bits per heavy atom. The van der Waals surface area contributed by atoms with Crippen LogP contribution in [0.4, 0.5) is 0 Å². The van der Waals surface area contributed by atoms with Gasteiger partial charge in [0.25, 0.3) is 0 Å². The maximum absolute atomic E-state index is 8.91. The monoisotopic (exact) mass is 212 g/mol.